The summed E-state index contributed by atoms with van der Waals surface area (Å²) in [6.07, 6.45) is 2.62. The molecule has 90 valence electrons. The second kappa shape index (κ2) is 5.15. The highest BCUT2D eigenvalue weighted by atomic mass is 16.4. The fourth-order valence-corrected chi connectivity index (χ4v) is 1.69. The van der Waals surface area contributed by atoms with Crippen LogP contribution in [-0.2, 0) is 6.42 Å². The average Bonchev–Trinajstić information content (AvgIpc) is 2.79. The van der Waals surface area contributed by atoms with Crippen molar-refractivity contribution in [1.29, 1.82) is 0 Å². The van der Waals surface area contributed by atoms with Gasteiger partial charge in [-0.1, -0.05) is 12.1 Å². The molecule has 0 aliphatic rings. The number of nitrogens with one attached hydrogen (secondary N) is 1. The van der Waals surface area contributed by atoms with Gasteiger partial charge in [-0.15, -0.1) is 0 Å². The number of aryl methyl sites for hydroxylation is 2. The summed E-state index contributed by atoms with van der Waals surface area (Å²) < 4.78 is 5.72. The molecule has 0 atom stereocenters. The van der Waals surface area contributed by atoms with Gasteiger partial charge in [0.25, 0.3) is 0 Å². The predicted octanol–water partition coefficient (Wildman–Crippen LogP) is 2.72. The molecule has 0 spiro atoms. The Labute approximate surface area is 102 Å². The average molecular weight is 230 g/mol. The minimum absolute atomic E-state index is 0.785. The number of likely N-dealkylation sites (N-methyl/N-ethyl adjacent to an activating group) is 1. The highest BCUT2D eigenvalue weighted by molar-refractivity contribution is 5.58. The summed E-state index contributed by atoms with van der Waals surface area (Å²) >= 11 is 0. The van der Waals surface area contributed by atoms with E-state index >= 15 is 0 Å². The zero-order valence-electron chi connectivity index (χ0n) is 10.6. The van der Waals surface area contributed by atoms with Crippen LogP contribution < -0.4 is 5.32 Å². The first kappa shape index (κ1) is 11.9. The van der Waals surface area contributed by atoms with E-state index in [1.807, 2.05) is 7.05 Å². The molecule has 3 heteroatoms. The van der Waals surface area contributed by atoms with Gasteiger partial charge < -0.3 is 9.73 Å². The molecule has 1 aromatic carbocycles. The van der Waals surface area contributed by atoms with Crippen LogP contribution >= 0.6 is 0 Å². The van der Waals surface area contributed by atoms with Gasteiger partial charge in [-0.3, -0.25) is 0 Å². The smallest absolute Gasteiger partial charge is 0.196 e. The van der Waals surface area contributed by atoms with Crippen LogP contribution in [0.5, 0.6) is 0 Å². The molecule has 2 rings (SSSR count). The lowest BCUT2D eigenvalue weighted by molar-refractivity contribution is 0.500. The SMILES string of the molecule is CNCCc1ncc(-c2ccc(C)c(C)c2)o1. The van der Waals surface area contributed by atoms with Gasteiger partial charge in [0, 0.05) is 18.5 Å². The molecule has 1 aromatic heterocycles. The standard InChI is InChI=1S/C14H18N2O/c1-10-4-5-12(8-11(10)2)13-9-16-14(17-13)6-7-15-3/h4-5,8-9,15H,6-7H2,1-3H3. The van der Waals surface area contributed by atoms with Gasteiger partial charge in [0.15, 0.2) is 11.7 Å². The first-order valence-corrected chi connectivity index (χ1v) is 5.87. The van der Waals surface area contributed by atoms with Crippen molar-refractivity contribution in [2.24, 2.45) is 0 Å². The van der Waals surface area contributed by atoms with Gasteiger partial charge in [-0.2, -0.15) is 0 Å². The zero-order valence-corrected chi connectivity index (χ0v) is 10.6. The van der Waals surface area contributed by atoms with E-state index in [2.05, 4.69) is 42.3 Å². The van der Waals surface area contributed by atoms with E-state index < -0.39 is 0 Å². The van der Waals surface area contributed by atoms with Crippen LogP contribution in [0.4, 0.5) is 0 Å². The molecule has 0 amide bonds. The second-order valence-electron chi connectivity index (χ2n) is 4.27. The zero-order chi connectivity index (χ0) is 12.3. The molecule has 0 bridgehead atoms. The Kier molecular flexibility index (Phi) is 3.59. The molecular weight excluding hydrogens is 212 g/mol. The fourth-order valence-electron chi connectivity index (χ4n) is 1.69. The first-order valence-electron chi connectivity index (χ1n) is 5.87. The Bertz CT molecular complexity index is 503. The first-order chi connectivity index (χ1) is 8.20. The largest absolute Gasteiger partial charge is 0.441 e. The van der Waals surface area contributed by atoms with Gasteiger partial charge in [-0.25, -0.2) is 4.98 Å². The van der Waals surface area contributed by atoms with Crippen LogP contribution in [0.3, 0.4) is 0 Å². The number of rotatable bonds is 4. The second-order valence-corrected chi connectivity index (χ2v) is 4.27. The van der Waals surface area contributed by atoms with E-state index in [0.29, 0.717) is 0 Å². The van der Waals surface area contributed by atoms with Crippen LogP contribution in [0, 0.1) is 13.8 Å². The van der Waals surface area contributed by atoms with Crippen molar-refractivity contribution in [3.05, 3.63) is 41.4 Å². The monoisotopic (exact) mass is 230 g/mol. The van der Waals surface area contributed by atoms with Gasteiger partial charge >= 0.3 is 0 Å². The van der Waals surface area contributed by atoms with E-state index in [4.69, 9.17) is 4.42 Å². The number of nitrogens with zero attached hydrogens (tertiary/aromatic N) is 1. The molecule has 0 unspecified atom stereocenters. The molecule has 0 aliphatic heterocycles. The molecule has 0 saturated heterocycles. The summed E-state index contributed by atoms with van der Waals surface area (Å²) in [5.74, 6) is 1.63. The topological polar surface area (TPSA) is 38.1 Å². The third-order valence-corrected chi connectivity index (χ3v) is 2.93. The summed E-state index contributed by atoms with van der Waals surface area (Å²) in [7, 11) is 1.92. The molecule has 0 radical (unpaired) electrons. The quantitative estimate of drug-likeness (QED) is 0.877. The maximum Gasteiger partial charge on any atom is 0.196 e. The highest BCUT2D eigenvalue weighted by Crippen LogP contribution is 2.22. The van der Waals surface area contributed by atoms with Crippen LogP contribution in [0.15, 0.2) is 28.8 Å². The highest BCUT2D eigenvalue weighted by Gasteiger charge is 2.06. The molecule has 1 heterocycles. The third kappa shape index (κ3) is 2.74. The molecule has 0 fully saturated rings. The molecule has 1 N–H and O–H groups in total. The minimum Gasteiger partial charge on any atom is -0.441 e. The van der Waals surface area contributed by atoms with Crippen LogP contribution in [0.2, 0.25) is 0 Å². The van der Waals surface area contributed by atoms with Gasteiger partial charge in [0.05, 0.1) is 6.20 Å². The number of benzene rings is 1. The van der Waals surface area contributed by atoms with Crippen molar-refractivity contribution in [3.63, 3.8) is 0 Å². The Morgan fingerprint density at radius 3 is 2.76 bits per heavy atom. The van der Waals surface area contributed by atoms with E-state index in [1.54, 1.807) is 6.20 Å². The Morgan fingerprint density at radius 2 is 2.06 bits per heavy atom. The number of hydrogen-bond acceptors (Lipinski definition) is 3. The molecule has 3 nitrogen and oxygen atoms in total. The summed E-state index contributed by atoms with van der Waals surface area (Å²) in [6, 6.07) is 6.32. The van der Waals surface area contributed by atoms with Gasteiger partial charge in [0.1, 0.15) is 0 Å². The number of oxazole rings is 1. The Balaban J connectivity index is 2.21. The maximum atomic E-state index is 5.72. The normalized spacial score (nSPS) is 10.8. The number of aromatic nitrogens is 1. The van der Waals surface area contributed by atoms with E-state index in [0.717, 1.165) is 30.2 Å². The summed E-state index contributed by atoms with van der Waals surface area (Å²) in [4.78, 5) is 4.28. The molecule has 0 aliphatic carbocycles. The summed E-state index contributed by atoms with van der Waals surface area (Å²) in [5, 5.41) is 3.08. The summed E-state index contributed by atoms with van der Waals surface area (Å²) in [5.41, 5.74) is 3.66. The van der Waals surface area contributed by atoms with Crippen molar-refractivity contribution in [2.45, 2.75) is 20.3 Å². The van der Waals surface area contributed by atoms with Crippen molar-refractivity contribution < 1.29 is 4.42 Å². The van der Waals surface area contributed by atoms with Crippen molar-refractivity contribution in [3.8, 4) is 11.3 Å². The van der Waals surface area contributed by atoms with Crippen molar-refractivity contribution in [2.75, 3.05) is 13.6 Å². The van der Waals surface area contributed by atoms with Gasteiger partial charge in [0.2, 0.25) is 0 Å². The lowest BCUT2D eigenvalue weighted by Crippen LogP contribution is -2.10. The van der Waals surface area contributed by atoms with Crippen LogP contribution in [0.1, 0.15) is 17.0 Å². The van der Waals surface area contributed by atoms with E-state index in [1.165, 1.54) is 11.1 Å². The molecular formula is C14H18N2O. The van der Waals surface area contributed by atoms with Crippen LogP contribution in [0.25, 0.3) is 11.3 Å². The van der Waals surface area contributed by atoms with Crippen molar-refractivity contribution in [1.82, 2.24) is 10.3 Å². The Hall–Kier alpha value is -1.61. The van der Waals surface area contributed by atoms with Crippen LogP contribution in [-0.4, -0.2) is 18.6 Å². The van der Waals surface area contributed by atoms with E-state index in [9.17, 15) is 0 Å². The number of hydrogen-bond donors (Lipinski definition) is 1. The summed E-state index contributed by atoms with van der Waals surface area (Å²) in [6.45, 7) is 5.10. The maximum absolute atomic E-state index is 5.72. The Morgan fingerprint density at radius 1 is 1.24 bits per heavy atom. The lowest BCUT2D eigenvalue weighted by atomic mass is 10.1. The molecule has 0 saturated carbocycles. The molecule has 2 aromatic rings. The minimum atomic E-state index is 0.785. The van der Waals surface area contributed by atoms with Gasteiger partial charge in [-0.05, 0) is 38.1 Å². The fraction of sp³-hybridized carbons (Fsp3) is 0.357. The van der Waals surface area contributed by atoms with Crippen molar-refractivity contribution >= 4 is 0 Å². The predicted molar refractivity (Wildman–Crippen MR) is 69.0 cm³/mol. The lowest BCUT2D eigenvalue weighted by Gasteiger charge is -2.02. The van der Waals surface area contributed by atoms with E-state index in [-0.39, 0.29) is 0 Å². The third-order valence-electron chi connectivity index (χ3n) is 2.93. The molecule has 17 heavy (non-hydrogen) atoms.